The predicted octanol–water partition coefficient (Wildman–Crippen LogP) is 21.4. The van der Waals surface area contributed by atoms with Crippen molar-refractivity contribution in [3.63, 3.8) is 0 Å². The lowest BCUT2D eigenvalue weighted by molar-refractivity contribution is 1.07. The second kappa shape index (κ2) is 19.2. The number of hydrogen-bond donors (Lipinski definition) is 0. The van der Waals surface area contributed by atoms with Gasteiger partial charge in [0.1, 0.15) is 0 Å². The highest BCUT2D eigenvalue weighted by Crippen LogP contribution is 2.53. The van der Waals surface area contributed by atoms with Gasteiger partial charge in [0, 0.05) is 84.1 Å². The fraction of sp³-hybridized carbons (Fsp3) is 0. The molecule has 84 heavy (non-hydrogen) atoms. The van der Waals surface area contributed by atoms with Crippen LogP contribution in [-0.2, 0) is 0 Å². The minimum Gasteiger partial charge on any atom is -0.317 e. The van der Waals surface area contributed by atoms with Crippen LogP contribution in [0.2, 0.25) is 0 Å². The Morgan fingerprint density at radius 3 is 1.17 bits per heavy atom. The van der Waals surface area contributed by atoms with Gasteiger partial charge in [-0.2, -0.15) is 0 Å². The molecular weight excluding hydrogens is 1060 g/mol. The van der Waals surface area contributed by atoms with E-state index in [1.54, 1.807) is 0 Å². The lowest BCUT2D eigenvalue weighted by atomic mass is 9.93. The van der Waals surface area contributed by atoms with Gasteiger partial charge in [0.15, 0.2) is 17.5 Å². The van der Waals surface area contributed by atoms with Gasteiger partial charge in [0.25, 0.3) is 0 Å². The minimum absolute atomic E-state index is 0.448. The van der Waals surface area contributed by atoms with E-state index < -0.39 is 0 Å². The summed E-state index contributed by atoms with van der Waals surface area (Å²) in [7, 11) is 0. The first-order valence-corrected chi connectivity index (χ1v) is 29.7. The summed E-state index contributed by atoms with van der Waals surface area (Å²) in [6.45, 7) is 9.64. The highest BCUT2D eigenvalue weighted by atomic mass is 32.1. The average Bonchev–Trinajstić information content (AvgIpc) is 2.08. The third kappa shape index (κ3) is 7.43. The molecule has 0 spiro atoms. The standard InChI is InChI=1S/C76H44N6S2/c1-77-60-45-59(76-79-74(49-27-13-5-14-28-49)78-75(80-76)50-29-15-6-16-30-50)67(48-25-11-4-12-26-48)71(82-62-40-36-52(47-23-9-3-10-24-47)44-58(62)69-64(82)42-38-56-54-32-18-20-34-66(54)84-73(56)69)70(60)81-61-39-35-51(46-21-7-2-8-22-46)43-57(61)68-63(81)41-37-55-53-31-17-19-33-65(53)83-72(55)68/h2-45H. The van der Waals surface area contributed by atoms with E-state index in [4.69, 9.17) is 19.8 Å². The van der Waals surface area contributed by atoms with E-state index in [2.05, 4.69) is 209 Å². The van der Waals surface area contributed by atoms with Crippen molar-refractivity contribution >= 4 is 112 Å². The van der Waals surface area contributed by atoms with Gasteiger partial charge in [-0.15, -0.1) is 22.7 Å². The highest BCUT2D eigenvalue weighted by molar-refractivity contribution is 7.27. The van der Waals surface area contributed by atoms with Crippen LogP contribution in [0.15, 0.2) is 267 Å². The zero-order chi connectivity index (χ0) is 55.4. The molecular formula is C76H44N6S2. The van der Waals surface area contributed by atoms with Gasteiger partial charge in [0.2, 0.25) is 5.69 Å². The van der Waals surface area contributed by atoms with Crippen molar-refractivity contribution in [3.05, 3.63) is 278 Å². The normalized spacial score (nSPS) is 11.8. The molecule has 0 fully saturated rings. The Hall–Kier alpha value is -10.8. The smallest absolute Gasteiger partial charge is 0.213 e. The second-order valence-corrected chi connectivity index (χ2v) is 23.4. The van der Waals surface area contributed by atoms with Crippen molar-refractivity contribution in [3.8, 4) is 78.9 Å². The molecule has 0 amide bonds. The van der Waals surface area contributed by atoms with Gasteiger partial charge in [-0.1, -0.05) is 212 Å². The number of aromatic nitrogens is 5. The van der Waals surface area contributed by atoms with Crippen molar-refractivity contribution in [1.82, 2.24) is 24.1 Å². The molecule has 0 saturated heterocycles. The molecule has 0 N–H and O–H groups in total. The van der Waals surface area contributed by atoms with Crippen LogP contribution in [0.1, 0.15) is 0 Å². The van der Waals surface area contributed by atoms with E-state index >= 15 is 0 Å². The maximum Gasteiger partial charge on any atom is 0.213 e. The number of nitrogens with zero attached hydrogens (tertiary/aromatic N) is 6. The lowest BCUT2D eigenvalue weighted by Crippen LogP contribution is -2.09. The zero-order valence-electron chi connectivity index (χ0n) is 44.9. The first kappa shape index (κ1) is 47.9. The monoisotopic (exact) mass is 1100 g/mol. The molecule has 0 unspecified atom stereocenters. The van der Waals surface area contributed by atoms with Crippen LogP contribution in [0.25, 0.3) is 168 Å². The van der Waals surface area contributed by atoms with Crippen LogP contribution in [-0.4, -0.2) is 24.1 Å². The average molecular weight is 1110 g/mol. The largest absolute Gasteiger partial charge is 0.317 e. The van der Waals surface area contributed by atoms with E-state index in [9.17, 15) is 6.57 Å². The SMILES string of the molecule is [C-]#[N+]c1cc(-c2nc(-c3ccccc3)nc(-c3ccccc3)n2)c(-c2ccccc2)c(-n2c3ccc(-c4ccccc4)cc3c3c4sc5ccccc5c4ccc32)c1-n1c2ccc(-c3ccccc3)cc2c2c3sc4ccccc4c3ccc21. The summed E-state index contributed by atoms with van der Waals surface area (Å²) in [6.07, 6.45) is 0. The summed E-state index contributed by atoms with van der Waals surface area (Å²) >= 11 is 3.67. The van der Waals surface area contributed by atoms with Gasteiger partial charge in [-0.25, -0.2) is 19.8 Å². The van der Waals surface area contributed by atoms with E-state index in [0.717, 1.165) is 99.5 Å². The first-order valence-electron chi connectivity index (χ1n) is 28.0. The third-order valence-electron chi connectivity index (χ3n) is 16.6. The molecule has 0 saturated carbocycles. The molecule has 0 aliphatic carbocycles. The number of thiophene rings is 2. The van der Waals surface area contributed by atoms with Crippen molar-refractivity contribution in [2.24, 2.45) is 0 Å². The van der Waals surface area contributed by atoms with Gasteiger partial charge in [-0.3, -0.25) is 0 Å². The summed E-state index contributed by atoms with van der Waals surface area (Å²) in [5.41, 5.74) is 14.8. The maximum atomic E-state index is 9.64. The van der Waals surface area contributed by atoms with Crippen molar-refractivity contribution in [1.29, 1.82) is 0 Å². The quantitative estimate of drug-likeness (QED) is 0.143. The molecule has 0 aliphatic rings. The van der Waals surface area contributed by atoms with E-state index in [0.29, 0.717) is 28.7 Å². The highest BCUT2D eigenvalue weighted by Gasteiger charge is 2.31. The van der Waals surface area contributed by atoms with Gasteiger partial charge < -0.3 is 9.13 Å². The summed E-state index contributed by atoms with van der Waals surface area (Å²) in [5.74, 6) is 1.53. The van der Waals surface area contributed by atoms with Crippen LogP contribution in [0.5, 0.6) is 0 Å². The van der Waals surface area contributed by atoms with Crippen LogP contribution < -0.4 is 0 Å². The zero-order valence-corrected chi connectivity index (χ0v) is 46.5. The number of benzene rings is 12. The summed E-state index contributed by atoms with van der Waals surface area (Å²) in [4.78, 5) is 20.8. The van der Waals surface area contributed by atoms with Crippen LogP contribution in [0.4, 0.5) is 5.69 Å². The van der Waals surface area contributed by atoms with E-state index in [1.807, 2.05) is 89.4 Å². The van der Waals surface area contributed by atoms with Gasteiger partial charge in [-0.05, 0) is 82.4 Å². The summed E-state index contributed by atoms with van der Waals surface area (Å²) in [6, 6.07) is 94.7. The fourth-order valence-electron chi connectivity index (χ4n) is 12.8. The molecule has 17 rings (SSSR count). The molecule has 8 heteroatoms. The predicted molar refractivity (Wildman–Crippen MR) is 353 cm³/mol. The van der Waals surface area contributed by atoms with Crippen molar-refractivity contribution in [2.45, 2.75) is 0 Å². The molecule has 6 nitrogen and oxygen atoms in total. The Labute approximate surface area is 490 Å². The van der Waals surface area contributed by atoms with Crippen LogP contribution in [0, 0.1) is 6.57 Å². The molecule has 5 heterocycles. The Morgan fingerprint density at radius 2 is 0.702 bits per heavy atom. The van der Waals surface area contributed by atoms with Gasteiger partial charge in [0.05, 0.1) is 40.0 Å². The number of hydrogen-bond acceptors (Lipinski definition) is 5. The molecule has 0 bridgehead atoms. The van der Waals surface area contributed by atoms with Gasteiger partial charge >= 0.3 is 0 Å². The van der Waals surface area contributed by atoms with Crippen molar-refractivity contribution < 1.29 is 0 Å². The Balaban J connectivity index is 1.10. The molecule has 0 radical (unpaired) electrons. The van der Waals surface area contributed by atoms with Crippen LogP contribution >= 0.6 is 22.7 Å². The maximum absolute atomic E-state index is 9.64. The Kier molecular flexibility index (Phi) is 10.9. The Bertz CT molecular complexity index is 5490. The molecule has 17 aromatic rings. The van der Waals surface area contributed by atoms with E-state index in [1.165, 1.54) is 40.3 Å². The third-order valence-corrected chi connectivity index (χ3v) is 19.0. The first-order chi connectivity index (χ1) is 41.6. The summed E-state index contributed by atoms with van der Waals surface area (Å²) in [5, 5.41) is 9.40. The topological polar surface area (TPSA) is 52.9 Å². The van der Waals surface area contributed by atoms with E-state index in [-0.39, 0.29) is 0 Å². The molecule has 0 aliphatic heterocycles. The second-order valence-electron chi connectivity index (χ2n) is 21.3. The van der Waals surface area contributed by atoms with Crippen LogP contribution in [0.3, 0.4) is 0 Å². The summed E-state index contributed by atoms with van der Waals surface area (Å²) < 4.78 is 9.74. The molecule has 5 aromatic heterocycles. The fourth-order valence-corrected chi connectivity index (χ4v) is 15.4. The minimum atomic E-state index is 0.448. The Morgan fingerprint density at radius 1 is 0.310 bits per heavy atom. The van der Waals surface area contributed by atoms with Crippen molar-refractivity contribution in [2.75, 3.05) is 0 Å². The number of fused-ring (bicyclic) bond motifs is 14. The molecule has 12 aromatic carbocycles. The lowest BCUT2D eigenvalue weighted by Gasteiger charge is -2.25. The molecule has 390 valence electrons. The molecule has 0 atom stereocenters. The number of rotatable bonds is 8.